The van der Waals surface area contributed by atoms with Crippen LogP contribution in [0.2, 0.25) is 5.02 Å². The maximum absolute atomic E-state index is 12.4. The van der Waals surface area contributed by atoms with Crippen molar-refractivity contribution < 1.29 is 9.53 Å². The zero-order chi connectivity index (χ0) is 14.7. The number of benzene rings is 1. The molecule has 0 spiro atoms. The third-order valence-electron chi connectivity index (χ3n) is 3.84. The molecule has 2 rings (SSSR count). The molecule has 1 aromatic rings. The summed E-state index contributed by atoms with van der Waals surface area (Å²) in [5, 5.41) is 0.569. The molecule has 1 saturated heterocycles. The van der Waals surface area contributed by atoms with Crippen LogP contribution in [-0.4, -0.2) is 36.5 Å². The first-order valence-electron chi connectivity index (χ1n) is 6.88. The van der Waals surface area contributed by atoms with Gasteiger partial charge in [-0.25, -0.2) is 0 Å². The van der Waals surface area contributed by atoms with Gasteiger partial charge in [0.15, 0.2) is 0 Å². The molecule has 0 aliphatic carbocycles. The van der Waals surface area contributed by atoms with E-state index in [0.717, 1.165) is 24.9 Å². The number of ether oxygens (including phenoxy) is 1. The van der Waals surface area contributed by atoms with E-state index in [0.29, 0.717) is 17.2 Å². The standard InChI is InChI=1S/C15H21ClN2O2/c1-10-7-12(17)5-6-18(10)15(19)8-11-3-4-13(20-2)9-14(11)16/h3-4,9-10,12H,5-8,17H2,1-2H3/t10-,12-/m1/s1. The molecule has 1 aliphatic heterocycles. The second-order valence-corrected chi connectivity index (χ2v) is 5.76. The minimum Gasteiger partial charge on any atom is -0.497 e. The van der Waals surface area contributed by atoms with E-state index in [-0.39, 0.29) is 18.0 Å². The number of carbonyl (C=O) groups is 1. The summed E-state index contributed by atoms with van der Waals surface area (Å²) in [6, 6.07) is 5.81. The molecular weight excluding hydrogens is 276 g/mol. The number of rotatable bonds is 3. The average molecular weight is 297 g/mol. The lowest BCUT2D eigenvalue weighted by molar-refractivity contribution is -0.133. The van der Waals surface area contributed by atoms with Crippen LogP contribution in [0.25, 0.3) is 0 Å². The Balaban J connectivity index is 2.04. The Hall–Kier alpha value is -1.26. The Morgan fingerprint density at radius 2 is 2.30 bits per heavy atom. The SMILES string of the molecule is COc1ccc(CC(=O)N2CC[C@@H](N)C[C@H]2C)c(Cl)c1. The van der Waals surface area contributed by atoms with Crippen LogP contribution in [0.3, 0.4) is 0 Å². The molecule has 110 valence electrons. The van der Waals surface area contributed by atoms with Crippen LogP contribution >= 0.6 is 11.6 Å². The number of hydrogen-bond donors (Lipinski definition) is 1. The molecule has 5 heteroatoms. The van der Waals surface area contributed by atoms with Gasteiger partial charge in [0.05, 0.1) is 13.5 Å². The third kappa shape index (κ3) is 3.44. The summed E-state index contributed by atoms with van der Waals surface area (Å²) in [7, 11) is 1.59. The van der Waals surface area contributed by atoms with Gasteiger partial charge in [0.25, 0.3) is 0 Å². The first-order chi connectivity index (χ1) is 9.51. The summed E-state index contributed by atoms with van der Waals surface area (Å²) < 4.78 is 5.11. The highest BCUT2D eigenvalue weighted by Crippen LogP contribution is 2.24. The van der Waals surface area contributed by atoms with Gasteiger partial charge in [-0.05, 0) is 37.5 Å². The number of carbonyl (C=O) groups excluding carboxylic acids is 1. The Bertz CT molecular complexity index is 493. The van der Waals surface area contributed by atoms with Crippen molar-refractivity contribution in [3.8, 4) is 5.75 Å². The van der Waals surface area contributed by atoms with Crippen molar-refractivity contribution in [1.29, 1.82) is 0 Å². The minimum absolute atomic E-state index is 0.108. The van der Waals surface area contributed by atoms with Gasteiger partial charge in [0, 0.05) is 23.7 Å². The van der Waals surface area contributed by atoms with E-state index in [9.17, 15) is 4.79 Å². The van der Waals surface area contributed by atoms with Crippen molar-refractivity contribution in [3.05, 3.63) is 28.8 Å². The molecule has 2 N–H and O–H groups in total. The number of halogens is 1. The number of likely N-dealkylation sites (tertiary alicyclic amines) is 1. The fourth-order valence-corrected chi connectivity index (χ4v) is 2.88. The molecule has 20 heavy (non-hydrogen) atoms. The molecule has 2 atom stereocenters. The summed E-state index contributed by atoms with van der Waals surface area (Å²) in [4.78, 5) is 14.3. The molecule has 1 aromatic carbocycles. The maximum Gasteiger partial charge on any atom is 0.227 e. The molecule has 0 unspecified atom stereocenters. The molecule has 1 heterocycles. The Kier molecular flexibility index (Phi) is 4.89. The molecule has 4 nitrogen and oxygen atoms in total. The predicted molar refractivity (Wildman–Crippen MR) is 80.1 cm³/mol. The lowest BCUT2D eigenvalue weighted by atomic mass is 9.98. The maximum atomic E-state index is 12.4. The Labute approximate surface area is 124 Å². The normalized spacial score (nSPS) is 22.7. The lowest BCUT2D eigenvalue weighted by Gasteiger charge is -2.36. The topological polar surface area (TPSA) is 55.6 Å². The van der Waals surface area contributed by atoms with Gasteiger partial charge in [0.2, 0.25) is 5.91 Å². The molecule has 1 fully saturated rings. The highest BCUT2D eigenvalue weighted by atomic mass is 35.5. The van der Waals surface area contributed by atoms with Gasteiger partial charge < -0.3 is 15.4 Å². The molecular formula is C15H21ClN2O2. The third-order valence-corrected chi connectivity index (χ3v) is 4.19. The van der Waals surface area contributed by atoms with E-state index in [1.165, 1.54) is 0 Å². The molecule has 0 saturated carbocycles. The van der Waals surface area contributed by atoms with E-state index >= 15 is 0 Å². The quantitative estimate of drug-likeness (QED) is 0.930. The van der Waals surface area contributed by atoms with E-state index < -0.39 is 0 Å². The van der Waals surface area contributed by atoms with Crippen LogP contribution in [0.4, 0.5) is 0 Å². The first kappa shape index (κ1) is 15.1. The fraction of sp³-hybridized carbons (Fsp3) is 0.533. The van der Waals surface area contributed by atoms with Crippen molar-refractivity contribution in [2.24, 2.45) is 5.73 Å². The van der Waals surface area contributed by atoms with Gasteiger partial charge in [-0.15, -0.1) is 0 Å². The van der Waals surface area contributed by atoms with Crippen molar-refractivity contribution in [2.45, 2.75) is 38.3 Å². The monoisotopic (exact) mass is 296 g/mol. The van der Waals surface area contributed by atoms with Crippen molar-refractivity contribution in [1.82, 2.24) is 4.90 Å². The predicted octanol–water partition coefficient (Wildman–Crippen LogP) is 2.23. The summed E-state index contributed by atoms with van der Waals surface area (Å²) >= 11 is 6.18. The molecule has 0 radical (unpaired) electrons. The summed E-state index contributed by atoms with van der Waals surface area (Å²) in [5.41, 5.74) is 6.76. The van der Waals surface area contributed by atoms with Crippen LogP contribution in [0.1, 0.15) is 25.3 Å². The van der Waals surface area contributed by atoms with Gasteiger partial charge >= 0.3 is 0 Å². The second kappa shape index (κ2) is 6.46. The van der Waals surface area contributed by atoms with E-state index in [1.54, 1.807) is 13.2 Å². The highest BCUT2D eigenvalue weighted by Gasteiger charge is 2.27. The number of methoxy groups -OCH3 is 1. The number of hydrogen-bond acceptors (Lipinski definition) is 3. The number of piperidine rings is 1. The number of nitrogens with zero attached hydrogens (tertiary/aromatic N) is 1. The zero-order valence-corrected chi connectivity index (χ0v) is 12.7. The smallest absolute Gasteiger partial charge is 0.227 e. The number of nitrogens with two attached hydrogens (primary N) is 1. The van der Waals surface area contributed by atoms with Gasteiger partial charge in [-0.3, -0.25) is 4.79 Å². The van der Waals surface area contributed by atoms with Crippen molar-refractivity contribution >= 4 is 17.5 Å². The molecule has 1 amide bonds. The van der Waals surface area contributed by atoms with Crippen LogP contribution in [0, 0.1) is 0 Å². The second-order valence-electron chi connectivity index (χ2n) is 5.35. The molecule has 0 aromatic heterocycles. The Morgan fingerprint density at radius 3 is 2.90 bits per heavy atom. The van der Waals surface area contributed by atoms with Crippen molar-refractivity contribution in [2.75, 3.05) is 13.7 Å². The van der Waals surface area contributed by atoms with Crippen LogP contribution in [0.5, 0.6) is 5.75 Å². The molecule has 0 bridgehead atoms. The van der Waals surface area contributed by atoms with Gasteiger partial charge in [-0.1, -0.05) is 17.7 Å². The summed E-state index contributed by atoms with van der Waals surface area (Å²) in [5.74, 6) is 0.806. The highest BCUT2D eigenvalue weighted by molar-refractivity contribution is 6.31. The van der Waals surface area contributed by atoms with Crippen LogP contribution in [-0.2, 0) is 11.2 Å². The minimum atomic E-state index is 0.108. The van der Waals surface area contributed by atoms with Crippen molar-refractivity contribution in [3.63, 3.8) is 0 Å². The lowest BCUT2D eigenvalue weighted by Crippen LogP contribution is -2.48. The first-order valence-corrected chi connectivity index (χ1v) is 7.26. The Morgan fingerprint density at radius 1 is 1.55 bits per heavy atom. The van der Waals surface area contributed by atoms with E-state index in [4.69, 9.17) is 22.1 Å². The zero-order valence-electron chi connectivity index (χ0n) is 11.9. The van der Waals surface area contributed by atoms with Crippen LogP contribution < -0.4 is 10.5 Å². The molecule has 1 aliphatic rings. The van der Waals surface area contributed by atoms with E-state index in [1.807, 2.05) is 24.0 Å². The fourth-order valence-electron chi connectivity index (χ4n) is 2.64. The largest absolute Gasteiger partial charge is 0.497 e. The summed E-state index contributed by atoms with van der Waals surface area (Å²) in [6.07, 6.45) is 2.05. The summed E-state index contributed by atoms with van der Waals surface area (Å²) in [6.45, 7) is 2.78. The van der Waals surface area contributed by atoms with E-state index in [2.05, 4.69) is 0 Å². The van der Waals surface area contributed by atoms with Gasteiger partial charge in [0.1, 0.15) is 5.75 Å². The van der Waals surface area contributed by atoms with Gasteiger partial charge in [-0.2, -0.15) is 0 Å². The average Bonchev–Trinajstić information content (AvgIpc) is 2.40. The van der Waals surface area contributed by atoms with Crippen LogP contribution in [0.15, 0.2) is 18.2 Å². The number of amides is 1.